The minimum atomic E-state index is -1.66. The first-order valence-electron chi connectivity index (χ1n) is 8.08. The summed E-state index contributed by atoms with van der Waals surface area (Å²) in [6.45, 7) is 1.60. The minimum Gasteiger partial charge on any atom is -0.461 e. The summed E-state index contributed by atoms with van der Waals surface area (Å²) in [4.78, 5) is 35.7. The number of nitro groups is 1. The Balaban J connectivity index is 2.37. The molecule has 0 saturated heterocycles. The van der Waals surface area contributed by atoms with Gasteiger partial charge in [0.25, 0.3) is 0 Å². The zero-order valence-corrected chi connectivity index (χ0v) is 14.9. The van der Waals surface area contributed by atoms with E-state index in [0.717, 1.165) is 0 Å². The van der Waals surface area contributed by atoms with Crippen LogP contribution in [0.3, 0.4) is 0 Å². The van der Waals surface area contributed by atoms with Crippen LogP contribution < -0.4 is 0 Å². The van der Waals surface area contributed by atoms with E-state index in [1.807, 2.05) is 0 Å². The zero-order valence-electron chi connectivity index (χ0n) is 14.1. The molecule has 0 aromatic heterocycles. The average molecular weight is 376 g/mol. The van der Waals surface area contributed by atoms with Crippen LogP contribution in [-0.2, 0) is 9.53 Å². The second-order valence-corrected chi connectivity index (χ2v) is 6.07. The smallest absolute Gasteiger partial charge is 0.382 e. The number of rotatable bonds is 8. The van der Waals surface area contributed by atoms with E-state index in [0.29, 0.717) is 16.1 Å². The molecule has 0 aliphatic heterocycles. The molecule has 136 valence electrons. The van der Waals surface area contributed by atoms with Crippen molar-refractivity contribution in [2.24, 2.45) is 0 Å². The number of ether oxygens (including phenoxy) is 1. The normalized spacial score (nSPS) is 12.8. The van der Waals surface area contributed by atoms with Crippen LogP contribution in [-0.4, -0.2) is 29.3 Å². The maximum atomic E-state index is 12.6. The van der Waals surface area contributed by atoms with Crippen molar-refractivity contribution >= 4 is 23.4 Å². The Kier molecular flexibility index (Phi) is 6.86. The number of hydrogen-bond acceptors (Lipinski definition) is 5. The molecule has 0 spiro atoms. The van der Waals surface area contributed by atoms with Gasteiger partial charge in [-0.3, -0.25) is 14.9 Å². The molecule has 26 heavy (non-hydrogen) atoms. The number of carbonyl (C=O) groups excluding carboxylic acids is 2. The van der Waals surface area contributed by atoms with Crippen LogP contribution in [0.15, 0.2) is 54.6 Å². The van der Waals surface area contributed by atoms with Crippen LogP contribution in [0.4, 0.5) is 0 Å². The third-order valence-corrected chi connectivity index (χ3v) is 4.19. The predicted molar refractivity (Wildman–Crippen MR) is 97.0 cm³/mol. The largest absolute Gasteiger partial charge is 0.461 e. The molecule has 0 fully saturated rings. The van der Waals surface area contributed by atoms with Crippen LogP contribution in [0.2, 0.25) is 5.02 Å². The lowest BCUT2D eigenvalue weighted by Crippen LogP contribution is -2.38. The molecule has 0 amide bonds. The minimum absolute atomic E-state index is 0.0236. The molecular weight excluding hydrogens is 358 g/mol. The fraction of sp³-hybridized carbons (Fsp3) is 0.263. The monoisotopic (exact) mass is 375 g/mol. The number of esters is 1. The Morgan fingerprint density at radius 1 is 1.12 bits per heavy atom. The molecule has 7 heteroatoms. The number of benzene rings is 2. The van der Waals surface area contributed by atoms with Gasteiger partial charge in [-0.05, 0) is 36.8 Å². The quantitative estimate of drug-likeness (QED) is 0.302. The zero-order chi connectivity index (χ0) is 19.1. The Labute approximate surface area is 155 Å². The highest BCUT2D eigenvalue weighted by molar-refractivity contribution is 6.30. The van der Waals surface area contributed by atoms with Crippen molar-refractivity contribution in [3.05, 3.63) is 80.9 Å². The van der Waals surface area contributed by atoms with E-state index in [2.05, 4.69) is 0 Å². The maximum Gasteiger partial charge on any atom is 0.382 e. The molecule has 0 radical (unpaired) electrons. The fourth-order valence-corrected chi connectivity index (χ4v) is 2.82. The molecule has 2 atom stereocenters. The van der Waals surface area contributed by atoms with E-state index >= 15 is 0 Å². The van der Waals surface area contributed by atoms with Gasteiger partial charge >= 0.3 is 12.0 Å². The molecule has 2 aromatic rings. The average Bonchev–Trinajstić information content (AvgIpc) is 2.62. The second-order valence-electron chi connectivity index (χ2n) is 5.63. The fourth-order valence-electron chi connectivity index (χ4n) is 2.69. The maximum absolute atomic E-state index is 12.6. The van der Waals surface area contributed by atoms with E-state index < -0.39 is 22.9 Å². The number of nitrogens with zero attached hydrogens (tertiary/aromatic N) is 1. The molecule has 0 N–H and O–H groups in total. The van der Waals surface area contributed by atoms with Gasteiger partial charge in [-0.2, -0.15) is 0 Å². The van der Waals surface area contributed by atoms with E-state index in [1.165, 1.54) is 0 Å². The Morgan fingerprint density at radius 3 is 2.27 bits per heavy atom. The van der Waals surface area contributed by atoms with Crippen LogP contribution in [0, 0.1) is 10.1 Å². The van der Waals surface area contributed by atoms with Crippen molar-refractivity contribution in [3.63, 3.8) is 0 Å². The number of ketones is 1. The van der Waals surface area contributed by atoms with Crippen molar-refractivity contribution in [1.29, 1.82) is 0 Å². The SMILES string of the molecule is CCOC(=O)C(C(CC(=O)c1ccc(Cl)cc1)c1ccccc1)[N+](=O)[O-]. The summed E-state index contributed by atoms with van der Waals surface area (Å²) in [6.07, 6.45) is -0.198. The summed E-state index contributed by atoms with van der Waals surface area (Å²) in [5.74, 6) is -2.20. The van der Waals surface area contributed by atoms with Crippen LogP contribution in [0.1, 0.15) is 35.2 Å². The highest BCUT2D eigenvalue weighted by atomic mass is 35.5. The van der Waals surface area contributed by atoms with E-state index in [4.69, 9.17) is 16.3 Å². The van der Waals surface area contributed by atoms with E-state index in [1.54, 1.807) is 61.5 Å². The Hall–Kier alpha value is -2.73. The van der Waals surface area contributed by atoms with Gasteiger partial charge in [0.05, 0.1) is 12.5 Å². The lowest BCUT2D eigenvalue weighted by molar-refractivity contribution is -0.514. The summed E-state index contributed by atoms with van der Waals surface area (Å²) >= 11 is 5.82. The van der Waals surface area contributed by atoms with Crippen molar-refractivity contribution in [1.82, 2.24) is 0 Å². The van der Waals surface area contributed by atoms with Crippen LogP contribution in [0.5, 0.6) is 0 Å². The van der Waals surface area contributed by atoms with Crippen molar-refractivity contribution < 1.29 is 19.2 Å². The molecule has 2 rings (SSSR count). The molecule has 0 aliphatic rings. The number of Topliss-reactive ketones (excluding diaryl/α,β-unsaturated/α-hetero) is 1. The summed E-state index contributed by atoms with van der Waals surface area (Å²) in [7, 11) is 0. The van der Waals surface area contributed by atoms with E-state index in [9.17, 15) is 19.7 Å². The Morgan fingerprint density at radius 2 is 1.73 bits per heavy atom. The van der Waals surface area contributed by atoms with Gasteiger partial charge in [-0.1, -0.05) is 41.9 Å². The molecule has 6 nitrogen and oxygen atoms in total. The van der Waals surface area contributed by atoms with Gasteiger partial charge in [0.1, 0.15) is 0 Å². The van der Waals surface area contributed by atoms with Crippen molar-refractivity contribution in [2.75, 3.05) is 6.61 Å². The lowest BCUT2D eigenvalue weighted by Gasteiger charge is -2.19. The summed E-state index contributed by atoms with van der Waals surface area (Å²) in [5.41, 5.74) is 0.908. The molecule has 0 aliphatic carbocycles. The third kappa shape index (κ3) is 4.89. The van der Waals surface area contributed by atoms with Gasteiger partial charge in [-0.25, -0.2) is 4.79 Å². The summed E-state index contributed by atoms with van der Waals surface area (Å²) in [5, 5.41) is 12.1. The van der Waals surface area contributed by atoms with Crippen molar-refractivity contribution in [2.45, 2.75) is 25.3 Å². The van der Waals surface area contributed by atoms with Gasteiger partial charge < -0.3 is 4.74 Å². The molecular formula is C19H18ClNO5. The first-order valence-corrected chi connectivity index (χ1v) is 8.45. The highest BCUT2D eigenvalue weighted by Gasteiger charge is 2.42. The van der Waals surface area contributed by atoms with E-state index in [-0.39, 0.29) is 18.8 Å². The van der Waals surface area contributed by atoms with Gasteiger partial charge in [-0.15, -0.1) is 0 Å². The molecule has 0 saturated carbocycles. The standard InChI is InChI=1S/C19H18ClNO5/c1-2-26-19(23)18(21(24)25)16(13-6-4-3-5-7-13)12-17(22)14-8-10-15(20)11-9-14/h3-11,16,18H,2,12H2,1H3. The van der Waals surface area contributed by atoms with Crippen LogP contribution >= 0.6 is 11.6 Å². The predicted octanol–water partition coefficient (Wildman–Crippen LogP) is 3.91. The van der Waals surface area contributed by atoms with Gasteiger partial charge in [0.15, 0.2) is 5.78 Å². The summed E-state index contributed by atoms with van der Waals surface area (Å²) in [6, 6.07) is 13.1. The van der Waals surface area contributed by atoms with Gasteiger partial charge in [0.2, 0.25) is 0 Å². The molecule has 2 aromatic carbocycles. The number of halogens is 1. The molecule has 2 unspecified atom stereocenters. The van der Waals surface area contributed by atoms with Crippen LogP contribution in [0.25, 0.3) is 0 Å². The third-order valence-electron chi connectivity index (χ3n) is 3.94. The number of hydrogen-bond donors (Lipinski definition) is 0. The lowest BCUT2D eigenvalue weighted by atomic mass is 9.86. The Bertz CT molecular complexity index is 776. The first-order chi connectivity index (χ1) is 12.4. The first kappa shape index (κ1) is 19.6. The molecule has 0 heterocycles. The highest BCUT2D eigenvalue weighted by Crippen LogP contribution is 2.28. The summed E-state index contributed by atoms with van der Waals surface area (Å²) < 4.78 is 4.86. The topological polar surface area (TPSA) is 86.5 Å². The second kappa shape index (κ2) is 9.10. The van der Waals surface area contributed by atoms with Gasteiger partial charge in [0, 0.05) is 21.9 Å². The number of carbonyl (C=O) groups is 2. The van der Waals surface area contributed by atoms with Crippen molar-refractivity contribution in [3.8, 4) is 0 Å². The molecule has 0 bridgehead atoms.